The van der Waals surface area contributed by atoms with E-state index in [1.807, 2.05) is 0 Å². The van der Waals surface area contributed by atoms with Crippen LogP contribution in [0.2, 0.25) is 0 Å². The highest BCUT2D eigenvalue weighted by molar-refractivity contribution is 6.21. The average molecular weight is 207 g/mol. The molecule has 1 heterocycles. The Bertz CT molecular complexity index is 467. The number of phenols is 1. The third kappa shape index (κ3) is 1.16. The van der Waals surface area contributed by atoms with E-state index < -0.39 is 5.91 Å². The number of carbonyl (C=O) groups is 2. The average Bonchev–Trinajstić information content (AvgIpc) is 2.43. The number of carbonyl (C=O) groups excluding carboxylic acids is 2. The first-order valence-electron chi connectivity index (χ1n) is 4.29. The molecule has 78 valence electrons. The molecule has 15 heavy (non-hydrogen) atoms. The smallest absolute Gasteiger partial charge is 0.261 e. The molecule has 1 aliphatic rings. The van der Waals surface area contributed by atoms with Gasteiger partial charge in [-0.05, 0) is 12.1 Å². The summed E-state index contributed by atoms with van der Waals surface area (Å²) in [4.78, 5) is 24.1. The summed E-state index contributed by atoms with van der Waals surface area (Å²) in [7, 11) is 2.78. The van der Waals surface area contributed by atoms with Crippen LogP contribution in [-0.4, -0.2) is 36.0 Å². The van der Waals surface area contributed by atoms with Crippen molar-refractivity contribution >= 4 is 11.8 Å². The molecule has 0 atom stereocenters. The fourth-order valence-electron chi connectivity index (χ4n) is 1.54. The van der Waals surface area contributed by atoms with Crippen molar-refractivity contribution < 1.29 is 19.4 Å². The van der Waals surface area contributed by atoms with Crippen molar-refractivity contribution in [3.05, 3.63) is 23.3 Å². The molecule has 0 bridgehead atoms. The van der Waals surface area contributed by atoms with Crippen molar-refractivity contribution in [1.82, 2.24) is 4.90 Å². The largest absolute Gasteiger partial charge is 0.504 e. The third-order valence-corrected chi connectivity index (χ3v) is 2.39. The van der Waals surface area contributed by atoms with Crippen molar-refractivity contribution in [3.8, 4) is 11.5 Å². The highest BCUT2D eigenvalue weighted by Crippen LogP contribution is 2.33. The maximum atomic E-state index is 11.6. The Morgan fingerprint density at radius 1 is 1.20 bits per heavy atom. The fourth-order valence-corrected chi connectivity index (χ4v) is 1.54. The van der Waals surface area contributed by atoms with Gasteiger partial charge in [-0.1, -0.05) is 0 Å². The summed E-state index contributed by atoms with van der Waals surface area (Å²) < 4.78 is 4.86. The van der Waals surface area contributed by atoms with Gasteiger partial charge in [0.25, 0.3) is 11.8 Å². The summed E-state index contributed by atoms with van der Waals surface area (Å²) in [6, 6.07) is 2.62. The molecule has 2 rings (SSSR count). The number of rotatable bonds is 1. The second kappa shape index (κ2) is 2.98. The van der Waals surface area contributed by atoms with Crippen LogP contribution in [0, 0.1) is 0 Å². The summed E-state index contributed by atoms with van der Waals surface area (Å²) in [6.45, 7) is 0. The lowest BCUT2D eigenvalue weighted by molar-refractivity contribution is 0.0693. The van der Waals surface area contributed by atoms with Gasteiger partial charge in [0.2, 0.25) is 0 Å². The van der Waals surface area contributed by atoms with Gasteiger partial charge in [0.1, 0.15) is 0 Å². The molecule has 1 N–H and O–H groups in total. The first-order chi connectivity index (χ1) is 7.06. The molecule has 0 radical (unpaired) electrons. The van der Waals surface area contributed by atoms with E-state index in [1.165, 1.54) is 26.3 Å². The molecule has 1 aromatic rings. The molecule has 1 aliphatic heterocycles. The zero-order chi connectivity index (χ0) is 11.2. The van der Waals surface area contributed by atoms with Gasteiger partial charge >= 0.3 is 0 Å². The standard InChI is InChI=1S/C10H9NO4/c1-11-9(13)5-3-7(12)8(15-2)4-6(5)10(11)14/h3-4,12H,1-2H3. The Kier molecular flexibility index (Phi) is 1.89. The van der Waals surface area contributed by atoms with Crippen LogP contribution in [0.4, 0.5) is 0 Å². The second-order valence-electron chi connectivity index (χ2n) is 3.24. The first kappa shape index (κ1) is 9.51. The maximum Gasteiger partial charge on any atom is 0.261 e. The second-order valence-corrected chi connectivity index (χ2v) is 3.24. The van der Waals surface area contributed by atoms with Gasteiger partial charge in [-0.25, -0.2) is 0 Å². The molecular formula is C10H9NO4. The highest BCUT2D eigenvalue weighted by atomic mass is 16.5. The predicted molar refractivity (Wildman–Crippen MR) is 51.1 cm³/mol. The highest BCUT2D eigenvalue weighted by Gasteiger charge is 2.34. The van der Waals surface area contributed by atoms with Gasteiger partial charge in [-0.3, -0.25) is 14.5 Å². The van der Waals surface area contributed by atoms with E-state index in [-0.39, 0.29) is 28.5 Å². The topological polar surface area (TPSA) is 66.8 Å². The van der Waals surface area contributed by atoms with E-state index in [9.17, 15) is 14.7 Å². The van der Waals surface area contributed by atoms with Crippen LogP contribution >= 0.6 is 0 Å². The van der Waals surface area contributed by atoms with Crippen LogP contribution in [0.15, 0.2) is 12.1 Å². The summed E-state index contributed by atoms with van der Waals surface area (Å²) in [5.74, 6) is -0.751. The van der Waals surface area contributed by atoms with E-state index in [1.54, 1.807) is 0 Å². The van der Waals surface area contributed by atoms with Crippen molar-refractivity contribution in [2.75, 3.05) is 14.2 Å². The van der Waals surface area contributed by atoms with Crippen molar-refractivity contribution in [1.29, 1.82) is 0 Å². The van der Waals surface area contributed by atoms with Crippen molar-refractivity contribution in [3.63, 3.8) is 0 Å². The summed E-state index contributed by atoms with van der Waals surface area (Å²) in [5.41, 5.74) is 0.470. The van der Waals surface area contributed by atoms with E-state index in [4.69, 9.17) is 4.74 Å². The first-order valence-corrected chi connectivity index (χ1v) is 4.29. The normalized spacial score (nSPS) is 14.4. The van der Waals surface area contributed by atoms with Gasteiger partial charge in [-0.15, -0.1) is 0 Å². The number of benzene rings is 1. The number of hydrogen-bond acceptors (Lipinski definition) is 4. The number of phenolic OH excluding ortho intramolecular Hbond substituents is 1. The van der Waals surface area contributed by atoms with E-state index in [0.717, 1.165) is 4.90 Å². The summed E-state index contributed by atoms with van der Waals surface area (Å²) in [6.07, 6.45) is 0. The molecule has 0 spiro atoms. The van der Waals surface area contributed by atoms with Gasteiger partial charge in [0.15, 0.2) is 11.5 Å². The number of imide groups is 1. The van der Waals surface area contributed by atoms with Crippen LogP contribution in [-0.2, 0) is 0 Å². The van der Waals surface area contributed by atoms with Crippen LogP contribution in [0.25, 0.3) is 0 Å². The van der Waals surface area contributed by atoms with E-state index in [2.05, 4.69) is 0 Å². The summed E-state index contributed by atoms with van der Waals surface area (Å²) >= 11 is 0. The zero-order valence-electron chi connectivity index (χ0n) is 8.27. The number of methoxy groups -OCH3 is 1. The minimum absolute atomic E-state index is 0.146. The van der Waals surface area contributed by atoms with E-state index in [0.29, 0.717) is 0 Å². The number of amides is 2. The van der Waals surface area contributed by atoms with Crippen LogP contribution in [0.3, 0.4) is 0 Å². The van der Waals surface area contributed by atoms with Gasteiger partial charge in [0, 0.05) is 7.05 Å². The number of fused-ring (bicyclic) bond motifs is 1. The van der Waals surface area contributed by atoms with Crippen LogP contribution in [0.5, 0.6) is 11.5 Å². The molecule has 1 aromatic carbocycles. The quantitative estimate of drug-likeness (QED) is 0.686. The Morgan fingerprint density at radius 2 is 1.73 bits per heavy atom. The molecule has 2 amide bonds. The number of hydrogen-bond donors (Lipinski definition) is 1. The van der Waals surface area contributed by atoms with E-state index >= 15 is 0 Å². The predicted octanol–water partition coefficient (Wildman–Crippen LogP) is 0.627. The monoisotopic (exact) mass is 207 g/mol. The minimum Gasteiger partial charge on any atom is -0.504 e. The molecule has 0 saturated carbocycles. The molecule has 0 aromatic heterocycles. The third-order valence-electron chi connectivity index (χ3n) is 2.39. The van der Waals surface area contributed by atoms with Crippen molar-refractivity contribution in [2.45, 2.75) is 0 Å². The number of ether oxygens (including phenoxy) is 1. The molecule has 5 nitrogen and oxygen atoms in total. The Labute approximate surface area is 85.9 Å². The number of aromatic hydroxyl groups is 1. The lowest BCUT2D eigenvalue weighted by Crippen LogP contribution is -2.24. The number of nitrogens with zero attached hydrogens (tertiary/aromatic N) is 1. The molecule has 0 aliphatic carbocycles. The van der Waals surface area contributed by atoms with Crippen LogP contribution < -0.4 is 4.74 Å². The molecule has 5 heteroatoms. The Morgan fingerprint density at radius 3 is 2.27 bits per heavy atom. The maximum absolute atomic E-state index is 11.6. The molecular weight excluding hydrogens is 198 g/mol. The lowest BCUT2D eigenvalue weighted by Gasteiger charge is -2.03. The molecule has 0 saturated heterocycles. The SMILES string of the molecule is COc1cc2c(cc1O)C(=O)N(C)C2=O. The lowest BCUT2D eigenvalue weighted by atomic mass is 10.1. The zero-order valence-corrected chi connectivity index (χ0v) is 8.27. The van der Waals surface area contributed by atoms with Gasteiger partial charge in [0.05, 0.1) is 18.2 Å². The Balaban J connectivity index is 2.66. The van der Waals surface area contributed by atoms with Crippen molar-refractivity contribution in [2.24, 2.45) is 0 Å². The molecule has 0 fully saturated rings. The minimum atomic E-state index is -0.409. The van der Waals surface area contributed by atoms with Gasteiger partial charge in [-0.2, -0.15) is 0 Å². The summed E-state index contributed by atoms with van der Waals surface area (Å²) in [5, 5.41) is 9.46. The molecule has 0 unspecified atom stereocenters. The Hall–Kier alpha value is -2.04. The van der Waals surface area contributed by atoms with Crippen LogP contribution in [0.1, 0.15) is 20.7 Å². The fraction of sp³-hybridized carbons (Fsp3) is 0.200. The van der Waals surface area contributed by atoms with Gasteiger partial charge < -0.3 is 9.84 Å².